The highest BCUT2D eigenvalue weighted by atomic mass is 32.2. The van der Waals surface area contributed by atoms with Crippen LogP contribution in [0, 0.1) is 5.82 Å². The van der Waals surface area contributed by atoms with Crippen molar-refractivity contribution in [2.75, 3.05) is 19.0 Å². The molecule has 0 saturated heterocycles. The van der Waals surface area contributed by atoms with Crippen LogP contribution in [0.25, 0.3) is 0 Å². The number of carbonyl (C=O) groups excluding carboxylic acids is 1. The van der Waals surface area contributed by atoms with Crippen LogP contribution < -0.4 is 20.3 Å². The quantitative estimate of drug-likeness (QED) is 0.376. The molecule has 0 spiro atoms. The highest BCUT2D eigenvalue weighted by molar-refractivity contribution is 7.98. The van der Waals surface area contributed by atoms with Crippen molar-refractivity contribution >= 4 is 23.5 Å². The fourth-order valence-electron chi connectivity index (χ4n) is 3.99. The van der Waals surface area contributed by atoms with Crippen LogP contribution >= 0.6 is 11.8 Å². The molecular formula is C25H26FN3O4S. The third-order valence-corrected chi connectivity index (χ3v) is 6.74. The van der Waals surface area contributed by atoms with Gasteiger partial charge in [0.2, 0.25) is 5.91 Å². The third kappa shape index (κ3) is 4.79. The van der Waals surface area contributed by atoms with Crippen molar-refractivity contribution in [3.05, 3.63) is 75.3 Å². The van der Waals surface area contributed by atoms with Crippen molar-refractivity contribution in [1.82, 2.24) is 9.55 Å². The molecule has 1 aromatic heterocycles. The van der Waals surface area contributed by atoms with Crippen LogP contribution in [-0.4, -0.2) is 29.2 Å². The summed E-state index contributed by atoms with van der Waals surface area (Å²) < 4.78 is 26.4. The van der Waals surface area contributed by atoms with Crippen LogP contribution in [0.4, 0.5) is 10.2 Å². The Morgan fingerprint density at radius 3 is 2.68 bits per heavy atom. The molecule has 0 bridgehead atoms. The minimum Gasteiger partial charge on any atom is -0.493 e. The number of amides is 1. The summed E-state index contributed by atoms with van der Waals surface area (Å²) in [6.07, 6.45) is 0.902. The molecule has 2 heterocycles. The summed E-state index contributed by atoms with van der Waals surface area (Å²) >= 11 is 1.34. The fraction of sp³-hybridized carbons (Fsp3) is 0.320. The van der Waals surface area contributed by atoms with Gasteiger partial charge in [-0.25, -0.2) is 4.39 Å². The Hall–Kier alpha value is -3.33. The first-order valence-corrected chi connectivity index (χ1v) is 12.0. The predicted octanol–water partition coefficient (Wildman–Crippen LogP) is 4.48. The molecule has 178 valence electrons. The Labute approximate surface area is 201 Å². The third-order valence-electron chi connectivity index (χ3n) is 5.64. The van der Waals surface area contributed by atoms with E-state index in [0.29, 0.717) is 40.4 Å². The van der Waals surface area contributed by atoms with Crippen LogP contribution in [-0.2, 0) is 17.6 Å². The van der Waals surface area contributed by atoms with Crippen molar-refractivity contribution in [2.24, 2.45) is 7.05 Å². The maximum Gasteiger partial charge on any atom is 0.279 e. The molecular weight excluding hydrogens is 457 g/mol. The fourth-order valence-corrected chi connectivity index (χ4v) is 4.91. The zero-order chi connectivity index (χ0) is 24.2. The van der Waals surface area contributed by atoms with Gasteiger partial charge in [-0.2, -0.15) is 4.98 Å². The van der Waals surface area contributed by atoms with Gasteiger partial charge in [0.25, 0.3) is 5.56 Å². The molecule has 2 aromatic carbocycles. The average molecular weight is 484 g/mol. The van der Waals surface area contributed by atoms with Crippen molar-refractivity contribution in [1.29, 1.82) is 0 Å². The SMILES string of the molecule is CCCOc1c(OC)cccc1[C@@H]1CC(=O)Nc2c1c(=O)nc(SCc1ccc(F)cc1)n2C. The molecule has 1 N–H and O–H groups in total. The van der Waals surface area contributed by atoms with Gasteiger partial charge in [-0.05, 0) is 30.2 Å². The number of thioether (sulfide) groups is 1. The number of rotatable bonds is 8. The number of halogens is 1. The number of anilines is 1. The van der Waals surface area contributed by atoms with E-state index in [-0.39, 0.29) is 18.1 Å². The number of aromatic nitrogens is 2. The topological polar surface area (TPSA) is 82.4 Å². The van der Waals surface area contributed by atoms with Gasteiger partial charge in [0, 0.05) is 30.7 Å². The maximum absolute atomic E-state index is 13.3. The molecule has 1 aliphatic heterocycles. The molecule has 7 nitrogen and oxygen atoms in total. The molecule has 0 saturated carbocycles. The van der Waals surface area contributed by atoms with E-state index in [2.05, 4.69) is 10.3 Å². The second-order valence-corrected chi connectivity index (χ2v) is 8.91. The van der Waals surface area contributed by atoms with E-state index in [4.69, 9.17) is 9.47 Å². The van der Waals surface area contributed by atoms with Crippen molar-refractivity contribution in [3.63, 3.8) is 0 Å². The molecule has 3 aromatic rings. The molecule has 0 unspecified atom stereocenters. The number of methoxy groups -OCH3 is 1. The first-order valence-electron chi connectivity index (χ1n) is 11.0. The first kappa shape index (κ1) is 23.8. The second-order valence-electron chi connectivity index (χ2n) is 7.97. The number of nitrogens with zero attached hydrogens (tertiary/aromatic N) is 2. The Bertz CT molecular complexity index is 1260. The molecule has 9 heteroatoms. The Morgan fingerprint density at radius 2 is 1.97 bits per heavy atom. The van der Waals surface area contributed by atoms with Crippen LogP contribution in [0.1, 0.15) is 42.4 Å². The minimum atomic E-state index is -0.520. The Kier molecular flexibility index (Phi) is 7.21. The standard InChI is InChI=1S/C25H26FN3O4S/c1-4-12-33-22-17(6-5-7-19(22)32-3)18-13-20(30)27-23-21(18)24(31)28-25(29(23)2)34-14-15-8-10-16(26)11-9-15/h5-11,18H,4,12-14H2,1-3H3,(H,27,30)/t18-/m0/s1. The van der Waals surface area contributed by atoms with E-state index in [9.17, 15) is 14.0 Å². The van der Waals surface area contributed by atoms with E-state index < -0.39 is 11.5 Å². The van der Waals surface area contributed by atoms with Crippen LogP contribution in [0.2, 0.25) is 0 Å². The number of hydrogen-bond donors (Lipinski definition) is 1. The zero-order valence-corrected chi connectivity index (χ0v) is 20.1. The summed E-state index contributed by atoms with van der Waals surface area (Å²) in [4.78, 5) is 30.3. The monoisotopic (exact) mass is 483 g/mol. The summed E-state index contributed by atoms with van der Waals surface area (Å²) in [5.41, 5.74) is 1.63. The average Bonchev–Trinajstić information content (AvgIpc) is 2.84. The van der Waals surface area contributed by atoms with Crippen molar-refractivity contribution < 1.29 is 18.7 Å². The van der Waals surface area contributed by atoms with Crippen molar-refractivity contribution in [2.45, 2.75) is 36.6 Å². The van der Waals surface area contributed by atoms with Crippen LogP contribution in [0.3, 0.4) is 0 Å². The molecule has 1 atom stereocenters. The van der Waals surface area contributed by atoms with Gasteiger partial charge >= 0.3 is 0 Å². The number of para-hydroxylation sites is 1. The van der Waals surface area contributed by atoms with Gasteiger partial charge in [-0.1, -0.05) is 43.0 Å². The lowest BCUT2D eigenvalue weighted by Crippen LogP contribution is -2.33. The number of nitrogens with one attached hydrogen (secondary N) is 1. The van der Waals surface area contributed by atoms with Gasteiger partial charge in [0.1, 0.15) is 11.6 Å². The maximum atomic E-state index is 13.3. The van der Waals surface area contributed by atoms with Crippen LogP contribution in [0.15, 0.2) is 52.4 Å². The van der Waals surface area contributed by atoms with E-state index in [0.717, 1.165) is 17.5 Å². The summed E-state index contributed by atoms with van der Waals surface area (Å²) in [7, 11) is 3.33. The lowest BCUT2D eigenvalue weighted by atomic mass is 9.86. The van der Waals surface area contributed by atoms with E-state index in [1.807, 2.05) is 19.1 Å². The van der Waals surface area contributed by atoms with Gasteiger partial charge in [0.05, 0.1) is 19.3 Å². The Morgan fingerprint density at radius 1 is 1.21 bits per heavy atom. The second kappa shape index (κ2) is 10.3. The number of fused-ring (bicyclic) bond motifs is 1. The molecule has 0 aliphatic carbocycles. The lowest BCUT2D eigenvalue weighted by molar-refractivity contribution is -0.116. The van der Waals surface area contributed by atoms with E-state index in [1.165, 1.54) is 23.9 Å². The largest absolute Gasteiger partial charge is 0.493 e. The minimum absolute atomic E-state index is 0.0989. The summed E-state index contributed by atoms with van der Waals surface area (Å²) in [6, 6.07) is 11.7. The number of ether oxygens (including phenoxy) is 2. The van der Waals surface area contributed by atoms with Gasteiger partial charge < -0.3 is 19.4 Å². The normalized spacial score (nSPS) is 14.9. The highest BCUT2D eigenvalue weighted by Crippen LogP contribution is 2.43. The molecule has 1 aliphatic rings. The van der Waals surface area contributed by atoms with Crippen molar-refractivity contribution in [3.8, 4) is 11.5 Å². The van der Waals surface area contributed by atoms with Gasteiger partial charge in [-0.3, -0.25) is 9.59 Å². The van der Waals surface area contributed by atoms with E-state index >= 15 is 0 Å². The molecule has 0 radical (unpaired) electrons. The smallest absolute Gasteiger partial charge is 0.279 e. The molecule has 1 amide bonds. The predicted molar refractivity (Wildman–Crippen MR) is 129 cm³/mol. The first-order chi connectivity index (χ1) is 16.4. The Balaban J connectivity index is 1.74. The summed E-state index contributed by atoms with van der Waals surface area (Å²) in [5.74, 6) is 0.991. The highest BCUT2D eigenvalue weighted by Gasteiger charge is 2.34. The van der Waals surface area contributed by atoms with Gasteiger partial charge in [0.15, 0.2) is 16.7 Å². The molecule has 0 fully saturated rings. The zero-order valence-electron chi connectivity index (χ0n) is 19.3. The van der Waals surface area contributed by atoms with Crippen LogP contribution in [0.5, 0.6) is 11.5 Å². The number of benzene rings is 2. The molecule has 4 rings (SSSR count). The summed E-state index contributed by atoms with van der Waals surface area (Å²) in [6.45, 7) is 2.48. The van der Waals surface area contributed by atoms with E-state index in [1.54, 1.807) is 36.9 Å². The number of carbonyl (C=O) groups is 1. The summed E-state index contributed by atoms with van der Waals surface area (Å²) in [5, 5.41) is 3.32. The number of hydrogen-bond acceptors (Lipinski definition) is 6. The lowest BCUT2D eigenvalue weighted by Gasteiger charge is -2.29. The molecule has 34 heavy (non-hydrogen) atoms. The van der Waals surface area contributed by atoms with Gasteiger partial charge in [-0.15, -0.1) is 0 Å².